The third kappa shape index (κ3) is 5.51. The number of nitrogens with two attached hydrogens (primary N) is 1. The van der Waals surface area contributed by atoms with E-state index < -0.39 is 23.7 Å². The zero-order valence-electron chi connectivity index (χ0n) is 11.8. The maximum atomic E-state index is 12.9. The topological polar surface area (TPSA) is 93.4 Å². The number of nitrogens with one attached hydrogen (secondary N) is 2. The number of carbonyl (C=O) groups excluding carboxylic acids is 2. The van der Waals surface area contributed by atoms with Crippen molar-refractivity contribution in [1.82, 2.24) is 10.6 Å². The van der Waals surface area contributed by atoms with Crippen LogP contribution in [0.25, 0.3) is 0 Å². The summed E-state index contributed by atoms with van der Waals surface area (Å²) in [6, 6.07) is 2.77. The number of hydrogen-bond donors (Lipinski definition) is 3. The number of halogens is 3. The Morgan fingerprint density at radius 3 is 2.50 bits per heavy atom. The van der Waals surface area contributed by atoms with E-state index in [1.54, 1.807) is 0 Å². The van der Waals surface area contributed by atoms with Gasteiger partial charge >= 0.3 is 12.2 Å². The molecule has 22 heavy (non-hydrogen) atoms. The number of carbonyl (C=O) groups is 2. The van der Waals surface area contributed by atoms with E-state index in [4.69, 9.17) is 10.5 Å². The minimum Gasteiger partial charge on any atom is -0.497 e. The molecule has 4 N–H and O–H groups in total. The van der Waals surface area contributed by atoms with E-state index in [-0.39, 0.29) is 30.8 Å². The maximum Gasteiger partial charge on any atom is 0.416 e. The SMILES string of the molecule is COc1ccc(CNC(=O)NCCC(N)=O)c(C(F)(F)F)c1. The number of rotatable bonds is 6. The molecule has 0 aliphatic rings. The van der Waals surface area contributed by atoms with Gasteiger partial charge in [0.15, 0.2) is 0 Å². The van der Waals surface area contributed by atoms with Crippen molar-refractivity contribution in [3.05, 3.63) is 29.3 Å². The number of hydrogen-bond acceptors (Lipinski definition) is 3. The molecular formula is C13H16F3N3O3. The Bertz CT molecular complexity index is 547. The number of alkyl halides is 3. The molecule has 0 heterocycles. The quantitative estimate of drug-likeness (QED) is 0.739. The minimum atomic E-state index is -4.56. The van der Waals surface area contributed by atoms with Gasteiger partial charge in [0, 0.05) is 19.5 Å². The van der Waals surface area contributed by atoms with Gasteiger partial charge < -0.3 is 21.1 Å². The summed E-state index contributed by atoms with van der Waals surface area (Å²) in [6.45, 7) is -0.308. The molecule has 0 aliphatic heterocycles. The van der Waals surface area contributed by atoms with Crippen LogP contribution in [0.4, 0.5) is 18.0 Å². The van der Waals surface area contributed by atoms with Crippen LogP contribution in [0.15, 0.2) is 18.2 Å². The molecule has 3 amide bonds. The summed E-state index contributed by atoms with van der Waals surface area (Å²) in [6.07, 6.45) is -4.61. The average Bonchev–Trinajstić information content (AvgIpc) is 2.43. The second-order valence-corrected chi connectivity index (χ2v) is 4.35. The normalized spacial score (nSPS) is 10.9. The molecule has 0 saturated carbocycles. The van der Waals surface area contributed by atoms with Crippen molar-refractivity contribution in [3.63, 3.8) is 0 Å². The first-order valence-corrected chi connectivity index (χ1v) is 6.28. The molecule has 0 saturated heterocycles. The monoisotopic (exact) mass is 319 g/mol. The summed E-state index contributed by atoms with van der Waals surface area (Å²) >= 11 is 0. The zero-order valence-corrected chi connectivity index (χ0v) is 11.8. The fraction of sp³-hybridized carbons (Fsp3) is 0.385. The van der Waals surface area contributed by atoms with Crippen LogP contribution in [-0.4, -0.2) is 25.6 Å². The number of amides is 3. The van der Waals surface area contributed by atoms with Crippen molar-refractivity contribution in [1.29, 1.82) is 0 Å². The zero-order chi connectivity index (χ0) is 16.8. The van der Waals surface area contributed by atoms with Gasteiger partial charge in [-0.25, -0.2) is 4.79 Å². The first-order valence-electron chi connectivity index (χ1n) is 6.28. The lowest BCUT2D eigenvalue weighted by atomic mass is 10.1. The van der Waals surface area contributed by atoms with Gasteiger partial charge in [-0.1, -0.05) is 6.07 Å². The highest BCUT2D eigenvalue weighted by Crippen LogP contribution is 2.34. The van der Waals surface area contributed by atoms with Crippen LogP contribution in [0, 0.1) is 0 Å². The molecule has 1 aromatic carbocycles. The van der Waals surface area contributed by atoms with Crippen molar-refractivity contribution in [3.8, 4) is 5.75 Å². The van der Waals surface area contributed by atoms with Gasteiger partial charge in [-0.2, -0.15) is 13.2 Å². The summed E-state index contributed by atoms with van der Waals surface area (Å²) in [5.74, 6) is -0.517. The molecule has 9 heteroatoms. The summed E-state index contributed by atoms with van der Waals surface area (Å²) in [4.78, 5) is 21.9. The molecule has 0 radical (unpaired) electrons. The van der Waals surface area contributed by atoms with Gasteiger partial charge in [-0.3, -0.25) is 4.79 Å². The number of urea groups is 1. The lowest BCUT2D eigenvalue weighted by molar-refractivity contribution is -0.138. The molecule has 0 aromatic heterocycles. The van der Waals surface area contributed by atoms with E-state index in [9.17, 15) is 22.8 Å². The van der Waals surface area contributed by atoms with Crippen molar-refractivity contribution < 1.29 is 27.5 Å². The standard InChI is InChI=1S/C13H16F3N3O3/c1-22-9-3-2-8(10(6-9)13(14,15)16)7-19-12(21)18-5-4-11(17)20/h2-3,6H,4-5,7H2,1H3,(H2,17,20)(H2,18,19,21). The highest BCUT2D eigenvalue weighted by molar-refractivity contribution is 5.76. The number of ether oxygens (including phenoxy) is 1. The van der Waals surface area contributed by atoms with Crippen LogP contribution in [-0.2, 0) is 17.5 Å². The Morgan fingerprint density at radius 1 is 1.27 bits per heavy atom. The Hall–Kier alpha value is -2.45. The van der Waals surface area contributed by atoms with Gasteiger partial charge in [0.25, 0.3) is 0 Å². The first-order chi connectivity index (χ1) is 10.2. The van der Waals surface area contributed by atoms with Crippen LogP contribution in [0.5, 0.6) is 5.75 Å². The van der Waals surface area contributed by atoms with E-state index in [0.717, 1.165) is 6.07 Å². The van der Waals surface area contributed by atoms with E-state index in [1.807, 2.05) is 0 Å². The summed E-state index contributed by atoms with van der Waals surface area (Å²) in [5.41, 5.74) is 3.91. The maximum absolute atomic E-state index is 12.9. The fourth-order valence-corrected chi connectivity index (χ4v) is 1.64. The molecule has 0 atom stereocenters. The van der Waals surface area contributed by atoms with Crippen LogP contribution in [0.3, 0.4) is 0 Å². The second kappa shape index (κ2) is 7.53. The van der Waals surface area contributed by atoms with Crippen molar-refractivity contribution in [2.24, 2.45) is 5.73 Å². The number of methoxy groups -OCH3 is 1. The van der Waals surface area contributed by atoms with Crippen LogP contribution in [0.2, 0.25) is 0 Å². The highest BCUT2D eigenvalue weighted by Gasteiger charge is 2.33. The summed E-state index contributed by atoms with van der Waals surface area (Å²) in [7, 11) is 1.26. The van der Waals surface area contributed by atoms with Crippen molar-refractivity contribution >= 4 is 11.9 Å². The predicted octanol–water partition coefficient (Wildman–Crippen LogP) is 1.39. The van der Waals surface area contributed by atoms with Crippen molar-refractivity contribution in [2.45, 2.75) is 19.1 Å². The molecule has 0 unspecified atom stereocenters. The van der Waals surface area contributed by atoms with E-state index in [2.05, 4.69) is 10.6 Å². The summed E-state index contributed by atoms with van der Waals surface area (Å²) < 4.78 is 43.6. The largest absolute Gasteiger partial charge is 0.497 e. The number of benzene rings is 1. The van der Waals surface area contributed by atoms with Crippen LogP contribution in [0.1, 0.15) is 17.5 Å². The molecule has 122 valence electrons. The molecule has 1 aromatic rings. The predicted molar refractivity (Wildman–Crippen MR) is 72.0 cm³/mol. The van der Waals surface area contributed by atoms with E-state index in [1.165, 1.54) is 19.2 Å². The van der Waals surface area contributed by atoms with Gasteiger partial charge in [0.05, 0.1) is 12.7 Å². The highest BCUT2D eigenvalue weighted by atomic mass is 19.4. The molecule has 6 nitrogen and oxygen atoms in total. The summed E-state index contributed by atoms with van der Waals surface area (Å²) in [5, 5.41) is 4.59. The molecule has 0 fully saturated rings. The van der Waals surface area contributed by atoms with Gasteiger partial charge in [0.1, 0.15) is 5.75 Å². The lowest BCUT2D eigenvalue weighted by Gasteiger charge is -2.15. The average molecular weight is 319 g/mol. The second-order valence-electron chi connectivity index (χ2n) is 4.35. The van der Waals surface area contributed by atoms with Gasteiger partial charge in [-0.15, -0.1) is 0 Å². The van der Waals surface area contributed by atoms with Gasteiger partial charge in [-0.05, 0) is 17.7 Å². The third-order valence-electron chi connectivity index (χ3n) is 2.72. The minimum absolute atomic E-state index is 0.00983. The lowest BCUT2D eigenvalue weighted by Crippen LogP contribution is -2.37. The fourth-order valence-electron chi connectivity index (χ4n) is 1.64. The Kier molecular flexibility index (Phi) is 6.02. The smallest absolute Gasteiger partial charge is 0.416 e. The van der Waals surface area contributed by atoms with Crippen LogP contribution >= 0.6 is 0 Å². The first kappa shape index (κ1) is 17.6. The molecule has 0 spiro atoms. The Morgan fingerprint density at radius 2 is 1.95 bits per heavy atom. The molecular weight excluding hydrogens is 303 g/mol. The Labute approximate surface area is 124 Å². The Balaban J connectivity index is 2.69. The number of primary amides is 1. The van der Waals surface area contributed by atoms with Crippen LogP contribution < -0.4 is 21.1 Å². The third-order valence-corrected chi connectivity index (χ3v) is 2.72. The van der Waals surface area contributed by atoms with Crippen molar-refractivity contribution in [2.75, 3.05) is 13.7 Å². The molecule has 1 rings (SSSR count). The molecule has 0 aliphatic carbocycles. The van der Waals surface area contributed by atoms with E-state index in [0.29, 0.717) is 0 Å². The van der Waals surface area contributed by atoms with E-state index >= 15 is 0 Å². The van der Waals surface area contributed by atoms with Gasteiger partial charge in [0.2, 0.25) is 5.91 Å². The molecule has 0 bridgehead atoms.